The zero-order valence-electron chi connectivity index (χ0n) is 12.4. The summed E-state index contributed by atoms with van der Waals surface area (Å²) in [4.78, 5) is 0. The summed E-state index contributed by atoms with van der Waals surface area (Å²) in [6.07, 6.45) is 6.68. The smallest absolute Gasteiger partial charge is 0.164 e. The molecule has 2 rings (SSSR count). The van der Waals surface area contributed by atoms with E-state index in [0.29, 0.717) is 17.0 Å². The van der Waals surface area contributed by atoms with E-state index in [1.807, 2.05) is 32.1 Å². The quantitative estimate of drug-likeness (QED) is 0.832. The van der Waals surface area contributed by atoms with E-state index in [9.17, 15) is 5.11 Å². The molecule has 4 nitrogen and oxygen atoms in total. The maximum Gasteiger partial charge on any atom is 0.164 e. The highest BCUT2D eigenvalue weighted by molar-refractivity contribution is 5.70. The average molecular weight is 275 g/mol. The molecule has 0 spiro atoms. The van der Waals surface area contributed by atoms with Gasteiger partial charge in [-0.2, -0.15) is 0 Å². The summed E-state index contributed by atoms with van der Waals surface area (Å²) in [6.45, 7) is 3.83. The second-order valence-corrected chi connectivity index (χ2v) is 4.98. The van der Waals surface area contributed by atoms with Gasteiger partial charge in [0.25, 0.3) is 0 Å². The fourth-order valence-corrected chi connectivity index (χ4v) is 2.62. The molecule has 0 fully saturated rings. The van der Waals surface area contributed by atoms with Gasteiger partial charge in [-0.25, -0.2) is 0 Å². The predicted molar refractivity (Wildman–Crippen MR) is 80.1 cm³/mol. The fourth-order valence-electron chi connectivity index (χ4n) is 2.62. The van der Waals surface area contributed by atoms with Crippen molar-refractivity contribution in [2.45, 2.75) is 26.2 Å². The van der Waals surface area contributed by atoms with Gasteiger partial charge in [0.05, 0.1) is 14.2 Å². The van der Waals surface area contributed by atoms with Crippen LogP contribution in [0, 0.1) is 13.8 Å². The summed E-state index contributed by atoms with van der Waals surface area (Å²) < 4.78 is 10.6. The predicted octanol–water partition coefficient (Wildman–Crippen LogP) is 3.17. The molecule has 0 amide bonds. The van der Waals surface area contributed by atoms with Crippen LogP contribution in [0.2, 0.25) is 0 Å². The molecule has 1 unspecified atom stereocenters. The van der Waals surface area contributed by atoms with Gasteiger partial charge in [-0.15, -0.1) is 0 Å². The lowest BCUT2D eigenvalue weighted by Crippen LogP contribution is -2.08. The van der Waals surface area contributed by atoms with Crippen molar-refractivity contribution in [3.05, 3.63) is 40.7 Å². The van der Waals surface area contributed by atoms with Gasteiger partial charge in [0.15, 0.2) is 11.5 Å². The van der Waals surface area contributed by atoms with E-state index in [1.165, 1.54) is 0 Å². The summed E-state index contributed by atoms with van der Waals surface area (Å²) in [5, 5.41) is 10.5. The Hall–Kier alpha value is -2.10. The summed E-state index contributed by atoms with van der Waals surface area (Å²) >= 11 is 0. The van der Waals surface area contributed by atoms with E-state index in [-0.39, 0.29) is 11.7 Å². The lowest BCUT2D eigenvalue weighted by Gasteiger charge is -2.23. The van der Waals surface area contributed by atoms with Gasteiger partial charge in [0.1, 0.15) is 5.76 Å². The Morgan fingerprint density at radius 1 is 1.20 bits per heavy atom. The molecular weight excluding hydrogens is 254 g/mol. The van der Waals surface area contributed by atoms with E-state index in [1.54, 1.807) is 14.2 Å². The number of phenols is 1. The topological polar surface area (TPSA) is 64.7 Å². The Morgan fingerprint density at radius 2 is 1.90 bits per heavy atom. The summed E-state index contributed by atoms with van der Waals surface area (Å²) in [5.41, 5.74) is 9.36. The first-order valence-electron chi connectivity index (χ1n) is 6.59. The van der Waals surface area contributed by atoms with Crippen LogP contribution in [-0.2, 0) is 4.74 Å². The van der Waals surface area contributed by atoms with Crippen LogP contribution in [0.15, 0.2) is 24.0 Å². The number of nitrogens with two attached hydrogens (primary N) is 1. The molecule has 20 heavy (non-hydrogen) atoms. The molecule has 0 radical (unpaired) electrons. The SMILES string of the molecule is COC1=CC(c2c(N)c(C)c(C)c(OC)c2O)CC=C1. The number of hydrogen-bond donors (Lipinski definition) is 2. The van der Waals surface area contributed by atoms with Crippen LogP contribution in [0.4, 0.5) is 5.69 Å². The highest BCUT2D eigenvalue weighted by atomic mass is 16.5. The number of benzene rings is 1. The molecule has 0 aliphatic heterocycles. The van der Waals surface area contributed by atoms with Crippen molar-refractivity contribution >= 4 is 5.69 Å². The zero-order chi connectivity index (χ0) is 14.9. The Bertz CT molecular complexity index is 588. The summed E-state index contributed by atoms with van der Waals surface area (Å²) in [5.74, 6) is 1.38. The maximum atomic E-state index is 10.5. The van der Waals surface area contributed by atoms with Crippen molar-refractivity contribution in [3.8, 4) is 11.5 Å². The Labute approximate surface area is 119 Å². The largest absolute Gasteiger partial charge is 0.504 e. The third-order valence-electron chi connectivity index (χ3n) is 3.92. The van der Waals surface area contributed by atoms with Gasteiger partial charge in [-0.1, -0.05) is 6.08 Å². The van der Waals surface area contributed by atoms with Crippen LogP contribution in [0.1, 0.15) is 29.0 Å². The van der Waals surface area contributed by atoms with Crippen molar-refractivity contribution in [2.24, 2.45) is 0 Å². The number of hydrogen-bond acceptors (Lipinski definition) is 4. The Morgan fingerprint density at radius 3 is 2.50 bits per heavy atom. The van der Waals surface area contributed by atoms with E-state index in [0.717, 1.165) is 23.3 Å². The average Bonchev–Trinajstić information content (AvgIpc) is 2.46. The second kappa shape index (κ2) is 5.49. The lowest BCUT2D eigenvalue weighted by atomic mass is 9.87. The van der Waals surface area contributed by atoms with Gasteiger partial charge in [0.2, 0.25) is 0 Å². The van der Waals surface area contributed by atoms with Crippen LogP contribution >= 0.6 is 0 Å². The van der Waals surface area contributed by atoms with Crippen LogP contribution in [0.25, 0.3) is 0 Å². The molecule has 1 aliphatic carbocycles. The molecule has 1 aromatic carbocycles. The van der Waals surface area contributed by atoms with E-state index >= 15 is 0 Å². The monoisotopic (exact) mass is 275 g/mol. The lowest BCUT2D eigenvalue weighted by molar-refractivity contribution is 0.302. The van der Waals surface area contributed by atoms with Gasteiger partial charge >= 0.3 is 0 Å². The molecular formula is C16H21NO3. The van der Waals surface area contributed by atoms with Crippen molar-refractivity contribution in [1.82, 2.24) is 0 Å². The number of phenolic OH excluding ortho intramolecular Hbond substituents is 1. The molecule has 3 N–H and O–H groups in total. The summed E-state index contributed by atoms with van der Waals surface area (Å²) in [7, 11) is 3.18. The molecule has 108 valence electrons. The van der Waals surface area contributed by atoms with E-state index < -0.39 is 0 Å². The first kappa shape index (κ1) is 14.3. The van der Waals surface area contributed by atoms with Gasteiger partial charge in [-0.05, 0) is 43.5 Å². The van der Waals surface area contributed by atoms with Gasteiger partial charge in [-0.3, -0.25) is 0 Å². The molecule has 0 saturated heterocycles. The first-order valence-corrected chi connectivity index (χ1v) is 6.59. The van der Waals surface area contributed by atoms with E-state index in [2.05, 4.69) is 0 Å². The minimum absolute atomic E-state index is 0.0110. The first-order chi connectivity index (χ1) is 9.51. The van der Waals surface area contributed by atoms with Crippen molar-refractivity contribution in [2.75, 3.05) is 20.0 Å². The standard InChI is InChI=1S/C16H21NO3/c1-9-10(2)16(20-4)15(18)13(14(9)17)11-6-5-7-12(8-11)19-3/h5,7-8,11,18H,6,17H2,1-4H3. The highest BCUT2D eigenvalue weighted by Gasteiger charge is 2.24. The van der Waals surface area contributed by atoms with Crippen molar-refractivity contribution < 1.29 is 14.6 Å². The molecule has 0 aromatic heterocycles. The highest BCUT2D eigenvalue weighted by Crippen LogP contribution is 2.46. The van der Waals surface area contributed by atoms with Gasteiger partial charge < -0.3 is 20.3 Å². The number of nitrogen functional groups attached to an aromatic ring is 1. The van der Waals surface area contributed by atoms with Crippen LogP contribution < -0.4 is 10.5 Å². The molecule has 0 saturated carbocycles. The van der Waals surface area contributed by atoms with Gasteiger partial charge in [0, 0.05) is 17.2 Å². The number of ether oxygens (including phenoxy) is 2. The van der Waals surface area contributed by atoms with Crippen LogP contribution in [-0.4, -0.2) is 19.3 Å². The number of aromatic hydroxyl groups is 1. The second-order valence-electron chi connectivity index (χ2n) is 4.98. The molecule has 1 aromatic rings. The normalized spacial score (nSPS) is 17.8. The minimum Gasteiger partial charge on any atom is -0.504 e. The number of rotatable bonds is 3. The molecule has 1 aliphatic rings. The van der Waals surface area contributed by atoms with Crippen molar-refractivity contribution in [3.63, 3.8) is 0 Å². The molecule has 0 heterocycles. The third-order valence-corrected chi connectivity index (χ3v) is 3.92. The summed E-state index contributed by atoms with van der Waals surface area (Å²) in [6, 6.07) is 0. The third kappa shape index (κ3) is 2.22. The zero-order valence-corrected chi connectivity index (χ0v) is 12.4. The van der Waals surface area contributed by atoms with Crippen LogP contribution in [0.5, 0.6) is 11.5 Å². The van der Waals surface area contributed by atoms with E-state index in [4.69, 9.17) is 15.2 Å². The maximum absolute atomic E-state index is 10.5. The molecule has 1 atom stereocenters. The Kier molecular flexibility index (Phi) is 3.93. The fraction of sp³-hybridized carbons (Fsp3) is 0.375. The molecule has 4 heteroatoms. The number of anilines is 1. The molecule has 0 bridgehead atoms. The number of allylic oxidation sites excluding steroid dienone is 3. The minimum atomic E-state index is -0.0110. The Balaban J connectivity index is 2.60. The number of methoxy groups -OCH3 is 2. The van der Waals surface area contributed by atoms with Crippen molar-refractivity contribution in [1.29, 1.82) is 0 Å². The van der Waals surface area contributed by atoms with Crippen LogP contribution in [0.3, 0.4) is 0 Å².